The second-order valence-electron chi connectivity index (χ2n) is 9.50. The topological polar surface area (TPSA) is 18.5 Å². The molecule has 0 aromatic heterocycles. The SMILES string of the molecule is CC1CCC(COc2cc(F)c(C(F)(F)Oc3ccc4c(F)c(C#CC(F)(F)F)c(F)cc4c3)c(F)c2)CC1. The number of halogens is 9. The van der Waals surface area contributed by atoms with Crippen LogP contribution in [-0.2, 0) is 6.11 Å². The molecule has 3 aromatic rings. The van der Waals surface area contributed by atoms with Crippen molar-refractivity contribution in [2.45, 2.75) is 44.9 Å². The van der Waals surface area contributed by atoms with Gasteiger partial charge in [-0.2, -0.15) is 22.0 Å². The maximum absolute atomic E-state index is 14.8. The summed E-state index contributed by atoms with van der Waals surface area (Å²) in [7, 11) is 0. The molecule has 1 aliphatic carbocycles. The summed E-state index contributed by atoms with van der Waals surface area (Å²) in [5.74, 6) is -4.26. The van der Waals surface area contributed by atoms with Crippen LogP contribution in [0.5, 0.6) is 11.5 Å². The van der Waals surface area contributed by atoms with E-state index in [9.17, 15) is 39.5 Å². The second-order valence-corrected chi connectivity index (χ2v) is 9.50. The van der Waals surface area contributed by atoms with Crippen LogP contribution in [0.1, 0.15) is 43.7 Å². The van der Waals surface area contributed by atoms with Crippen LogP contribution in [-0.4, -0.2) is 12.8 Å². The molecule has 39 heavy (non-hydrogen) atoms. The Kier molecular flexibility index (Phi) is 7.96. The quantitative estimate of drug-likeness (QED) is 0.222. The van der Waals surface area contributed by atoms with Crippen LogP contribution in [0.2, 0.25) is 0 Å². The summed E-state index contributed by atoms with van der Waals surface area (Å²) in [6, 6.07) is 4.19. The molecular weight excluding hydrogens is 539 g/mol. The van der Waals surface area contributed by atoms with E-state index in [1.54, 1.807) is 0 Å². The number of hydrogen-bond acceptors (Lipinski definition) is 2. The van der Waals surface area contributed by atoms with Crippen molar-refractivity contribution in [2.24, 2.45) is 11.8 Å². The number of rotatable bonds is 6. The molecule has 4 rings (SSSR count). The van der Waals surface area contributed by atoms with Gasteiger partial charge in [0.2, 0.25) is 0 Å². The van der Waals surface area contributed by atoms with E-state index >= 15 is 0 Å². The van der Waals surface area contributed by atoms with Gasteiger partial charge in [-0.25, -0.2) is 17.6 Å². The van der Waals surface area contributed by atoms with E-state index in [0.717, 1.165) is 49.8 Å². The molecule has 0 radical (unpaired) electrons. The zero-order valence-electron chi connectivity index (χ0n) is 20.4. The normalized spacial score (nSPS) is 18.0. The van der Waals surface area contributed by atoms with Crippen molar-refractivity contribution in [2.75, 3.05) is 6.61 Å². The Morgan fingerprint density at radius 1 is 0.821 bits per heavy atom. The Hall–Kier alpha value is -3.55. The first-order chi connectivity index (χ1) is 18.2. The average Bonchev–Trinajstić information content (AvgIpc) is 2.82. The van der Waals surface area contributed by atoms with E-state index in [2.05, 4.69) is 11.7 Å². The van der Waals surface area contributed by atoms with Crippen LogP contribution in [0.25, 0.3) is 10.8 Å². The lowest BCUT2D eigenvalue weighted by Crippen LogP contribution is -2.25. The Morgan fingerprint density at radius 3 is 2.08 bits per heavy atom. The molecule has 0 bridgehead atoms. The van der Waals surface area contributed by atoms with Gasteiger partial charge in [-0.1, -0.05) is 25.7 Å². The van der Waals surface area contributed by atoms with E-state index in [1.807, 2.05) is 0 Å². The number of fused-ring (bicyclic) bond motifs is 1. The third-order valence-corrected chi connectivity index (χ3v) is 6.50. The predicted molar refractivity (Wildman–Crippen MR) is 124 cm³/mol. The molecule has 11 heteroatoms. The van der Waals surface area contributed by atoms with Gasteiger partial charge in [0.15, 0.2) is 0 Å². The molecule has 1 aliphatic rings. The molecule has 0 unspecified atom stereocenters. The molecule has 2 nitrogen and oxygen atoms in total. The molecular formula is C28H21F9O2. The van der Waals surface area contributed by atoms with Gasteiger partial charge >= 0.3 is 12.3 Å². The molecule has 0 heterocycles. The first-order valence-electron chi connectivity index (χ1n) is 11.9. The van der Waals surface area contributed by atoms with Crippen molar-refractivity contribution in [1.29, 1.82) is 0 Å². The number of ether oxygens (including phenoxy) is 2. The zero-order chi connectivity index (χ0) is 28.5. The molecule has 1 fully saturated rings. The second kappa shape index (κ2) is 10.9. The summed E-state index contributed by atoms with van der Waals surface area (Å²) in [4.78, 5) is 0. The fourth-order valence-electron chi connectivity index (χ4n) is 4.44. The maximum atomic E-state index is 14.8. The Morgan fingerprint density at radius 2 is 1.46 bits per heavy atom. The van der Waals surface area contributed by atoms with Gasteiger partial charge in [0.05, 0.1) is 12.2 Å². The van der Waals surface area contributed by atoms with Crippen molar-refractivity contribution in [1.82, 2.24) is 0 Å². The molecule has 0 aliphatic heterocycles. The molecule has 208 valence electrons. The minimum Gasteiger partial charge on any atom is -0.493 e. The first-order valence-corrected chi connectivity index (χ1v) is 11.9. The standard InChI is InChI=1S/C28H21F9O2/c1-15-2-4-16(5-3-15)14-38-19-12-23(30)25(24(31)13-19)28(36,37)39-18-6-7-20-17(10-18)11-22(29)21(26(20)32)8-9-27(33,34)35/h6-7,10-13,15-16H,2-5,14H2,1H3. The molecule has 0 saturated heterocycles. The van der Waals surface area contributed by atoms with E-state index in [-0.39, 0.29) is 23.7 Å². The highest BCUT2D eigenvalue weighted by Gasteiger charge is 2.41. The van der Waals surface area contributed by atoms with E-state index in [1.165, 1.54) is 5.92 Å². The highest BCUT2D eigenvalue weighted by Crippen LogP contribution is 2.38. The predicted octanol–water partition coefficient (Wildman–Crippen LogP) is 8.64. The Labute approximate surface area is 217 Å². The van der Waals surface area contributed by atoms with E-state index in [0.29, 0.717) is 24.1 Å². The van der Waals surface area contributed by atoms with Gasteiger partial charge < -0.3 is 9.47 Å². The fraction of sp³-hybridized carbons (Fsp3) is 0.357. The van der Waals surface area contributed by atoms with Gasteiger partial charge in [-0.15, -0.1) is 0 Å². The van der Waals surface area contributed by atoms with Crippen LogP contribution in [0.15, 0.2) is 36.4 Å². The van der Waals surface area contributed by atoms with Crippen molar-refractivity contribution in [3.63, 3.8) is 0 Å². The van der Waals surface area contributed by atoms with Gasteiger partial charge in [-0.05, 0) is 54.3 Å². The van der Waals surface area contributed by atoms with Crippen LogP contribution < -0.4 is 9.47 Å². The average molecular weight is 560 g/mol. The zero-order valence-corrected chi connectivity index (χ0v) is 20.4. The number of hydrogen-bond donors (Lipinski definition) is 0. The third-order valence-electron chi connectivity index (χ3n) is 6.50. The highest BCUT2D eigenvalue weighted by atomic mass is 19.4. The molecule has 0 amide bonds. The lowest BCUT2D eigenvalue weighted by molar-refractivity contribution is -0.189. The number of alkyl halides is 5. The largest absolute Gasteiger partial charge is 0.493 e. The molecule has 0 atom stereocenters. The molecule has 3 aromatic carbocycles. The summed E-state index contributed by atoms with van der Waals surface area (Å²) in [5.41, 5.74) is -2.86. The molecule has 0 N–H and O–H groups in total. The summed E-state index contributed by atoms with van der Waals surface area (Å²) < 4.78 is 135. The van der Waals surface area contributed by atoms with Crippen LogP contribution >= 0.6 is 0 Å². The van der Waals surface area contributed by atoms with E-state index < -0.39 is 57.8 Å². The molecule has 1 saturated carbocycles. The summed E-state index contributed by atoms with van der Waals surface area (Å²) >= 11 is 0. The van der Waals surface area contributed by atoms with Crippen molar-refractivity contribution >= 4 is 10.8 Å². The Balaban J connectivity index is 1.55. The van der Waals surface area contributed by atoms with Crippen molar-refractivity contribution < 1.29 is 49.0 Å². The summed E-state index contributed by atoms with van der Waals surface area (Å²) in [5, 5.41) is -0.803. The third kappa shape index (κ3) is 6.72. The minimum absolute atomic E-state index is 0.186. The lowest BCUT2D eigenvalue weighted by Gasteiger charge is -2.26. The molecule has 0 spiro atoms. The van der Waals surface area contributed by atoms with Crippen LogP contribution in [0.3, 0.4) is 0 Å². The van der Waals surface area contributed by atoms with Gasteiger partial charge in [-0.3, -0.25) is 0 Å². The van der Waals surface area contributed by atoms with Crippen molar-refractivity contribution in [3.05, 3.63) is 70.8 Å². The van der Waals surface area contributed by atoms with Crippen molar-refractivity contribution in [3.8, 4) is 23.3 Å². The maximum Gasteiger partial charge on any atom is 0.458 e. The number of benzene rings is 3. The van der Waals surface area contributed by atoms with Gasteiger partial charge in [0.1, 0.15) is 40.3 Å². The van der Waals surface area contributed by atoms with Gasteiger partial charge in [0.25, 0.3) is 0 Å². The Bertz CT molecular complexity index is 1410. The summed E-state index contributed by atoms with van der Waals surface area (Å²) in [6.07, 6.45) is -5.77. The highest BCUT2D eigenvalue weighted by molar-refractivity contribution is 5.86. The fourth-order valence-corrected chi connectivity index (χ4v) is 4.44. The smallest absolute Gasteiger partial charge is 0.458 e. The summed E-state index contributed by atoms with van der Waals surface area (Å²) in [6.45, 7) is 2.32. The van der Waals surface area contributed by atoms with Crippen LogP contribution in [0, 0.1) is 46.9 Å². The van der Waals surface area contributed by atoms with Crippen LogP contribution in [0.4, 0.5) is 39.5 Å². The monoisotopic (exact) mass is 560 g/mol. The van der Waals surface area contributed by atoms with Gasteiger partial charge in [0, 0.05) is 23.4 Å². The lowest BCUT2D eigenvalue weighted by atomic mass is 9.83. The minimum atomic E-state index is -5.00. The first kappa shape index (κ1) is 28.5. The van der Waals surface area contributed by atoms with E-state index in [4.69, 9.17) is 4.74 Å².